The first-order chi connectivity index (χ1) is 9.27. The third-order valence-electron chi connectivity index (χ3n) is 2.42. The van der Waals surface area contributed by atoms with E-state index in [0.29, 0.717) is 16.8 Å². The van der Waals surface area contributed by atoms with Crippen molar-refractivity contribution in [2.24, 2.45) is 0 Å². The summed E-state index contributed by atoms with van der Waals surface area (Å²) in [4.78, 5) is 0.00486. The Morgan fingerprint density at radius 3 is 2.60 bits per heavy atom. The standard InChI is InChI=1S/C12H19BrN2O4S/c1-8(2)19-5-4-15-20(16,17)12-7-10(14)9(13)6-11(12)18-3/h6-8,15H,4-5,14H2,1-3H3. The van der Waals surface area contributed by atoms with Gasteiger partial charge in [-0.2, -0.15) is 0 Å². The molecule has 0 aliphatic heterocycles. The maximum atomic E-state index is 12.2. The zero-order valence-corrected chi connectivity index (χ0v) is 14.0. The summed E-state index contributed by atoms with van der Waals surface area (Å²) in [6, 6.07) is 2.88. The van der Waals surface area contributed by atoms with Gasteiger partial charge in [-0.05, 0) is 41.9 Å². The Bertz CT molecular complexity index is 561. The van der Waals surface area contributed by atoms with Crippen LogP contribution in [-0.4, -0.2) is 34.8 Å². The van der Waals surface area contributed by atoms with E-state index in [1.54, 1.807) is 0 Å². The largest absolute Gasteiger partial charge is 0.495 e. The van der Waals surface area contributed by atoms with E-state index in [1.165, 1.54) is 19.2 Å². The lowest BCUT2D eigenvalue weighted by Gasteiger charge is -2.13. The molecule has 0 spiro atoms. The molecule has 114 valence electrons. The monoisotopic (exact) mass is 366 g/mol. The maximum Gasteiger partial charge on any atom is 0.244 e. The normalized spacial score (nSPS) is 11.8. The first-order valence-corrected chi connectivity index (χ1v) is 8.30. The van der Waals surface area contributed by atoms with Gasteiger partial charge in [0.25, 0.3) is 0 Å². The van der Waals surface area contributed by atoms with Crippen molar-refractivity contribution in [3.05, 3.63) is 16.6 Å². The van der Waals surface area contributed by atoms with Crippen LogP contribution in [0.4, 0.5) is 5.69 Å². The number of rotatable bonds is 7. The van der Waals surface area contributed by atoms with Crippen molar-refractivity contribution in [3.8, 4) is 5.75 Å². The highest BCUT2D eigenvalue weighted by Gasteiger charge is 2.20. The molecule has 0 amide bonds. The molecule has 0 atom stereocenters. The van der Waals surface area contributed by atoms with E-state index >= 15 is 0 Å². The van der Waals surface area contributed by atoms with Crippen molar-refractivity contribution in [3.63, 3.8) is 0 Å². The van der Waals surface area contributed by atoms with Crippen LogP contribution >= 0.6 is 15.9 Å². The van der Waals surface area contributed by atoms with Gasteiger partial charge in [-0.3, -0.25) is 0 Å². The van der Waals surface area contributed by atoms with Crippen molar-refractivity contribution in [2.75, 3.05) is 26.0 Å². The van der Waals surface area contributed by atoms with E-state index in [1.807, 2.05) is 13.8 Å². The fourth-order valence-corrected chi connectivity index (χ4v) is 2.99. The number of ether oxygens (including phenoxy) is 2. The van der Waals surface area contributed by atoms with Crippen molar-refractivity contribution in [1.29, 1.82) is 0 Å². The molecule has 3 N–H and O–H groups in total. The van der Waals surface area contributed by atoms with Crippen LogP contribution in [-0.2, 0) is 14.8 Å². The quantitative estimate of drug-likeness (QED) is 0.566. The van der Waals surface area contributed by atoms with E-state index in [0.717, 1.165) is 0 Å². The van der Waals surface area contributed by atoms with Crippen molar-refractivity contribution in [1.82, 2.24) is 4.72 Å². The van der Waals surface area contributed by atoms with Gasteiger partial charge in [-0.25, -0.2) is 13.1 Å². The molecule has 0 aliphatic carbocycles. The lowest BCUT2D eigenvalue weighted by Crippen LogP contribution is -2.28. The number of sulfonamides is 1. The summed E-state index contributed by atoms with van der Waals surface area (Å²) in [5.41, 5.74) is 6.04. The molecule has 6 nitrogen and oxygen atoms in total. The Labute approximate surface area is 127 Å². The molecule has 1 rings (SSSR count). The first kappa shape index (κ1) is 17.2. The third kappa shape index (κ3) is 4.62. The van der Waals surface area contributed by atoms with Gasteiger partial charge in [-0.1, -0.05) is 0 Å². The molecule has 0 heterocycles. The molecule has 0 saturated heterocycles. The Morgan fingerprint density at radius 1 is 1.40 bits per heavy atom. The van der Waals surface area contributed by atoms with E-state index < -0.39 is 10.0 Å². The molecule has 8 heteroatoms. The minimum absolute atomic E-state index is 0.00486. The van der Waals surface area contributed by atoms with Crippen molar-refractivity contribution in [2.45, 2.75) is 24.8 Å². The molecule has 0 radical (unpaired) electrons. The minimum atomic E-state index is -3.70. The molecule has 0 saturated carbocycles. The van der Waals surface area contributed by atoms with Crippen molar-refractivity contribution < 1.29 is 17.9 Å². The number of benzene rings is 1. The summed E-state index contributed by atoms with van der Waals surface area (Å²) in [6.45, 7) is 4.24. The van der Waals surface area contributed by atoms with Gasteiger partial charge in [0.15, 0.2) is 0 Å². The van der Waals surface area contributed by atoms with Gasteiger partial charge < -0.3 is 15.2 Å². The predicted octanol–water partition coefficient (Wildman–Crippen LogP) is 1.74. The zero-order chi connectivity index (χ0) is 15.3. The number of halogens is 1. The Balaban J connectivity index is 2.89. The molecule has 0 fully saturated rings. The highest BCUT2D eigenvalue weighted by molar-refractivity contribution is 9.10. The van der Waals surface area contributed by atoms with Crippen molar-refractivity contribution >= 4 is 31.6 Å². The average Bonchev–Trinajstić information content (AvgIpc) is 2.37. The first-order valence-electron chi connectivity index (χ1n) is 6.02. The molecular formula is C12H19BrN2O4S. The smallest absolute Gasteiger partial charge is 0.244 e. The molecule has 0 aromatic heterocycles. The summed E-state index contributed by atoms with van der Waals surface area (Å²) >= 11 is 3.23. The zero-order valence-electron chi connectivity index (χ0n) is 11.6. The SMILES string of the molecule is COc1cc(Br)c(N)cc1S(=O)(=O)NCCOC(C)C. The maximum absolute atomic E-state index is 12.2. The van der Waals surface area contributed by atoms with Crippen LogP contribution in [0.15, 0.2) is 21.5 Å². The van der Waals surface area contributed by atoms with Gasteiger partial charge in [-0.15, -0.1) is 0 Å². The van der Waals surface area contributed by atoms with Gasteiger partial charge in [0.05, 0.1) is 19.8 Å². The molecular weight excluding hydrogens is 348 g/mol. The summed E-state index contributed by atoms with van der Waals surface area (Å²) < 4.78 is 37.8. The predicted molar refractivity (Wildman–Crippen MR) is 81.4 cm³/mol. The van der Waals surface area contributed by atoms with E-state index in [4.69, 9.17) is 15.2 Å². The highest BCUT2D eigenvalue weighted by Crippen LogP contribution is 2.32. The molecule has 0 unspecified atom stereocenters. The Hall–Kier alpha value is -0.830. The van der Waals surface area contributed by atoms with E-state index in [9.17, 15) is 8.42 Å². The summed E-state index contributed by atoms with van der Waals surface area (Å²) in [5.74, 6) is 0.225. The van der Waals surface area contributed by atoms with Crippen LogP contribution in [0.1, 0.15) is 13.8 Å². The van der Waals surface area contributed by atoms with E-state index in [2.05, 4.69) is 20.7 Å². The number of hydrogen-bond donors (Lipinski definition) is 2. The number of anilines is 1. The second kappa shape index (κ2) is 7.26. The van der Waals surface area contributed by atoms with Crippen LogP contribution in [0.25, 0.3) is 0 Å². The second-order valence-electron chi connectivity index (χ2n) is 4.34. The highest BCUT2D eigenvalue weighted by atomic mass is 79.9. The van der Waals surface area contributed by atoms with Crippen LogP contribution in [0.3, 0.4) is 0 Å². The van der Waals surface area contributed by atoms with Crippen LogP contribution < -0.4 is 15.2 Å². The molecule has 0 aliphatic rings. The second-order valence-corrected chi connectivity index (χ2v) is 6.93. The number of methoxy groups -OCH3 is 1. The molecule has 1 aromatic carbocycles. The van der Waals surface area contributed by atoms with Gasteiger partial charge in [0.2, 0.25) is 10.0 Å². The number of nitrogen functional groups attached to an aromatic ring is 1. The Morgan fingerprint density at radius 2 is 2.05 bits per heavy atom. The number of nitrogens with one attached hydrogen (secondary N) is 1. The minimum Gasteiger partial charge on any atom is -0.495 e. The van der Waals surface area contributed by atoms with Gasteiger partial charge in [0.1, 0.15) is 10.6 Å². The summed E-state index contributed by atoms with van der Waals surface area (Å²) in [6.07, 6.45) is 0.0531. The lowest BCUT2D eigenvalue weighted by atomic mass is 10.3. The molecule has 0 bridgehead atoms. The van der Waals surface area contributed by atoms with Crippen LogP contribution in [0.5, 0.6) is 5.75 Å². The Kier molecular flexibility index (Phi) is 6.25. The fourth-order valence-electron chi connectivity index (χ4n) is 1.47. The van der Waals surface area contributed by atoms with Crippen LogP contribution in [0, 0.1) is 0 Å². The van der Waals surface area contributed by atoms with E-state index in [-0.39, 0.29) is 23.3 Å². The number of hydrogen-bond acceptors (Lipinski definition) is 5. The topological polar surface area (TPSA) is 90.7 Å². The lowest BCUT2D eigenvalue weighted by molar-refractivity contribution is 0.0834. The summed E-state index contributed by atoms with van der Waals surface area (Å²) in [5, 5.41) is 0. The summed E-state index contributed by atoms with van der Waals surface area (Å²) in [7, 11) is -2.29. The van der Waals surface area contributed by atoms with Gasteiger partial charge >= 0.3 is 0 Å². The molecule has 20 heavy (non-hydrogen) atoms. The van der Waals surface area contributed by atoms with Gasteiger partial charge in [0, 0.05) is 16.7 Å². The van der Waals surface area contributed by atoms with Crippen LogP contribution in [0.2, 0.25) is 0 Å². The average molecular weight is 367 g/mol. The number of nitrogens with two attached hydrogens (primary N) is 1. The fraction of sp³-hybridized carbons (Fsp3) is 0.500. The molecule has 1 aromatic rings. The third-order valence-corrected chi connectivity index (χ3v) is 4.59.